The molecule has 15 heteroatoms. The minimum Gasteiger partial charge on any atom is -0.462 e. The molecule has 2 heterocycles. The standard InChI is InChI=1S/C59H106O15/c1-3-5-7-9-11-13-15-17-19-20-21-22-23-24-25-26-28-29-31-33-35-37-39-41-50(61)69-44-47(72-51(62)42-40-38-36-34-32-30-27-18-16-14-12-10-8-6-4-2)45-70-58-57(68)55(66)53(64)49(74-58)46-71-59-56(67)54(65)52(63)48(43-60)73-59/h26,28,30,32-33,35,47-49,52-60,63-68H,3-25,27,29,31,34,36-46H2,1-2H3/b28-26+,32-30+,35-33+/t47-,48+,49+,52-,53-,54?,55?,56?,57?,58+,59+/m0/s1. The maximum absolute atomic E-state index is 13.0. The van der Waals surface area contributed by atoms with Crippen molar-refractivity contribution in [2.24, 2.45) is 0 Å². The molecule has 7 N–H and O–H groups in total. The Morgan fingerprint density at radius 3 is 1.27 bits per heavy atom. The third kappa shape index (κ3) is 32.5. The van der Waals surface area contributed by atoms with Gasteiger partial charge in [0.05, 0.1) is 19.8 Å². The van der Waals surface area contributed by atoms with Gasteiger partial charge in [0.25, 0.3) is 0 Å². The summed E-state index contributed by atoms with van der Waals surface area (Å²) < 4.78 is 33.6. The molecule has 74 heavy (non-hydrogen) atoms. The van der Waals surface area contributed by atoms with Gasteiger partial charge < -0.3 is 64.2 Å². The van der Waals surface area contributed by atoms with Crippen LogP contribution in [0.5, 0.6) is 0 Å². The number of carbonyl (C=O) groups excluding carboxylic acids is 2. The van der Waals surface area contributed by atoms with E-state index in [0.29, 0.717) is 19.3 Å². The lowest BCUT2D eigenvalue weighted by atomic mass is 9.98. The molecular formula is C59H106O15. The molecule has 2 aliphatic heterocycles. The summed E-state index contributed by atoms with van der Waals surface area (Å²) in [4.78, 5) is 25.8. The number of hydrogen-bond acceptors (Lipinski definition) is 15. The fourth-order valence-electron chi connectivity index (χ4n) is 9.23. The van der Waals surface area contributed by atoms with Crippen molar-refractivity contribution >= 4 is 11.9 Å². The van der Waals surface area contributed by atoms with Crippen molar-refractivity contribution in [3.8, 4) is 0 Å². The van der Waals surface area contributed by atoms with E-state index in [1.54, 1.807) is 0 Å². The van der Waals surface area contributed by atoms with Crippen molar-refractivity contribution in [2.45, 2.75) is 300 Å². The molecule has 0 bridgehead atoms. The van der Waals surface area contributed by atoms with Crippen molar-refractivity contribution in [1.29, 1.82) is 0 Å². The lowest BCUT2D eigenvalue weighted by Crippen LogP contribution is -2.61. The summed E-state index contributed by atoms with van der Waals surface area (Å²) in [5, 5.41) is 72.2. The number of aliphatic hydroxyl groups excluding tert-OH is 7. The molecule has 432 valence electrons. The van der Waals surface area contributed by atoms with Gasteiger partial charge in [-0.15, -0.1) is 0 Å². The first kappa shape index (κ1) is 67.8. The topological polar surface area (TPSA) is 231 Å². The molecular weight excluding hydrogens is 949 g/mol. The summed E-state index contributed by atoms with van der Waals surface area (Å²) in [6, 6.07) is 0. The summed E-state index contributed by atoms with van der Waals surface area (Å²) >= 11 is 0. The Morgan fingerprint density at radius 1 is 0.419 bits per heavy atom. The zero-order chi connectivity index (χ0) is 53.9. The van der Waals surface area contributed by atoms with Crippen LogP contribution < -0.4 is 0 Å². The lowest BCUT2D eigenvalue weighted by Gasteiger charge is -2.42. The van der Waals surface area contributed by atoms with E-state index >= 15 is 0 Å². The van der Waals surface area contributed by atoms with E-state index < -0.39 is 99.3 Å². The largest absolute Gasteiger partial charge is 0.462 e. The van der Waals surface area contributed by atoms with Crippen LogP contribution in [0, 0.1) is 0 Å². The first-order chi connectivity index (χ1) is 36.0. The van der Waals surface area contributed by atoms with E-state index in [-0.39, 0.29) is 19.4 Å². The van der Waals surface area contributed by atoms with Crippen molar-refractivity contribution in [1.82, 2.24) is 0 Å². The Morgan fingerprint density at radius 2 is 0.797 bits per heavy atom. The molecule has 0 aromatic carbocycles. The molecule has 11 atom stereocenters. The number of aliphatic hydroxyl groups is 7. The summed E-state index contributed by atoms with van der Waals surface area (Å²) in [6.07, 6.45) is 34.7. The fourth-order valence-corrected chi connectivity index (χ4v) is 9.23. The van der Waals surface area contributed by atoms with Crippen LogP contribution in [-0.2, 0) is 38.0 Å². The van der Waals surface area contributed by atoms with E-state index in [0.717, 1.165) is 44.9 Å². The molecule has 2 fully saturated rings. The number of allylic oxidation sites excluding steroid dienone is 6. The second kappa shape index (κ2) is 45.7. The van der Waals surface area contributed by atoms with Gasteiger partial charge in [0, 0.05) is 12.8 Å². The normalized spacial score (nSPS) is 24.9. The molecule has 4 unspecified atom stereocenters. The summed E-state index contributed by atoms with van der Waals surface area (Å²) in [7, 11) is 0. The van der Waals surface area contributed by atoms with Crippen LogP contribution >= 0.6 is 0 Å². The Labute approximate surface area is 446 Å². The Kier molecular flexibility index (Phi) is 41.9. The first-order valence-electron chi connectivity index (χ1n) is 29.6. The highest BCUT2D eigenvalue weighted by atomic mass is 16.7. The molecule has 0 spiro atoms. The third-order valence-electron chi connectivity index (χ3n) is 14.1. The highest BCUT2D eigenvalue weighted by Gasteiger charge is 2.47. The van der Waals surface area contributed by atoms with Crippen molar-refractivity contribution in [2.75, 3.05) is 26.4 Å². The number of hydrogen-bond donors (Lipinski definition) is 7. The Balaban J connectivity index is 1.75. The van der Waals surface area contributed by atoms with Crippen LogP contribution in [0.4, 0.5) is 0 Å². The molecule has 0 radical (unpaired) electrons. The molecule has 2 rings (SSSR count). The van der Waals surface area contributed by atoms with E-state index in [4.69, 9.17) is 28.4 Å². The van der Waals surface area contributed by atoms with Gasteiger partial charge in [-0.25, -0.2) is 0 Å². The highest BCUT2D eigenvalue weighted by molar-refractivity contribution is 5.70. The molecule has 15 nitrogen and oxygen atoms in total. The molecule has 0 aliphatic carbocycles. The van der Waals surface area contributed by atoms with Gasteiger partial charge >= 0.3 is 11.9 Å². The van der Waals surface area contributed by atoms with Gasteiger partial charge in [-0.2, -0.15) is 0 Å². The summed E-state index contributed by atoms with van der Waals surface area (Å²) in [6.45, 7) is 2.57. The molecule has 0 saturated carbocycles. The Hall–Kier alpha value is -2.28. The van der Waals surface area contributed by atoms with Gasteiger partial charge in [0.15, 0.2) is 18.7 Å². The van der Waals surface area contributed by atoms with Gasteiger partial charge in [-0.05, 0) is 70.6 Å². The van der Waals surface area contributed by atoms with E-state index in [1.165, 1.54) is 141 Å². The fraction of sp³-hybridized carbons (Fsp3) is 0.864. The summed E-state index contributed by atoms with van der Waals surface area (Å²) in [5.41, 5.74) is 0. The van der Waals surface area contributed by atoms with Crippen molar-refractivity contribution < 1.29 is 73.8 Å². The predicted molar refractivity (Wildman–Crippen MR) is 289 cm³/mol. The number of esters is 2. The number of ether oxygens (including phenoxy) is 6. The number of rotatable bonds is 47. The first-order valence-corrected chi connectivity index (χ1v) is 29.6. The number of unbranched alkanes of at least 4 members (excludes halogenated alkanes) is 27. The average molecular weight is 1060 g/mol. The van der Waals surface area contributed by atoms with E-state index in [2.05, 4.69) is 50.3 Å². The third-order valence-corrected chi connectivity index (χ3v) is 14.1. The second-order valence-electron chi connectivity index (χ2n) is 20.8. The average Bonchev–Trinajstić information content (AvgIpc) is 3.39. The zero-order valence-corrected chi connectivity index (χ0v) is 46.1. The lowest BCUT2D eigenvalue weighted by molar-refractivity contribution is -0.332. The Bertz CT molecular complexity index is 1430. The molecule has 0 aromatic heterocycles. The smallest absolute Gasteiger partial charge is 0.306 e. The van der Waals surface area contributed by atoms with Crippen LogP contribution in [0.25, 0.3) is 0 Å². The van der Waals surface area contributed by atoms with Crippen LogP contribution in [0.3, 0.4) is 0 Å². The van der Waals surface area contributed by atoms with Crippen molar-refractivity contribution in [3.05, 3.63) is 36.5 Å². The monoisotopic (exact) mass is 1050 g/mol. The van der Waals surface area contributed by atoms with Crippen LogP contribution in [0.15, 0.2) is 36.5 Å². The zero-order valence-electron chi connectivity index (χ0n) is 46.1. The maximum Gasteiger partial charge on any atom is 0.306 e. The van der Waals surface area contributed by atoms with E-state index in [1.807, 2.05) is 0 Å². The maximum atomic E-state index is 13.0. The number of carbonyl (C=O) groups is 2. The quantitative estimate of drug-likeness (QED) is 0.0171. The van der Waals surface area contributed by atoms with E-state index in [9.17, 15) is 45.3 Å². The van der Waals surface area contributed by atoms with Crippen LogP contribution in [0.2, 0.25) is 0 Å². The molecule has 0 aromatic rings. The molecule has 2 saturated heterocycles. The van der Waals surface area contributed by atoms with Gasteiger partial charge in [0.2, 0.25) is 0 Å². The second-order valence-corrected chi connectivity index (χ2v) is 20.8. The van der Waals surface area contributed by atoms with Gasteiger partial charge in [-0.3, -0.25) is 9.59 Å². The van der Waals surface area contributed by atoms with Gasteiger partial charge in [0.1, 0.15) is 55.4 Å². The predicted octanol–water partition coefficient (Wildman–Crippen LogP) is 10.1. The van der Waals surface area contributed by atoms with Crippen LogP contribution in [0.1, 0.15) is 232 Å². The minimum absolute atomic E-state index is 0.138. The minimum atomic E-state index is -1.77. The molecule has 2 aliphatic rings. The SMILES string of the molecule is CCCCCCCCCC/C=C/CCCCCC(=O)O[C@@H](COC(=O)CCC/C=C/CC/C=C/CCCCCCCCCCCCCCCC)CO[C@@H]1O[C@H](CO[C@@H]2O[C@H](CO)[C@H](O)C(O)C2O)[C@H](O)C(O)C1O. The summed E-state index contributed by atoms with van der Waals surface area (Å²) in [5.74, 6) is -0.986. The van der Waals surface area contributed by atoms with Crippen molar-refractivity contribution in [3.63, 3.8) is 0 Å². The molecule has 0 amide bonds. The van der Waals surface area contributed by atoms with Gasteiger partial charge in [-0.1, -0.05) is 185 Å². The van der Waals surface area contributed by atoms with Crippen LogP contribution in [-0.4, -0.2) is 142 Å². The highest BCUT2D eigenvalue weighted by Crippen LogP contribution is 2.27.